The number of nitrogens with one attached hydrogen (secondary N) is 1. The van der Waals surface area contributed by atoms with Crippen LogP contribution in [-0.4, -0.2) is 28.9 Å². The largest absolute Gasteiger partial charge is 0.480 e. The van der Waals surface area contributed by atoms with Crippen LogP contribution >= 0.6 is 0 Å². The van der Waals surface area contributed by atoms with Crippen molar-refractivity contribution in [2.24, 2.45) is 5.73 Å². The topological polar surface area (TPSA) is 123 Å². The molecule has 2 rings (SSSR count). The first-order valence-electron chi connectivity index (χ1n) is 6.20. The molecular formula is C14H14N2O5. The number of hydrogen-bond acceptors (Lipinski definition) is 4. The van der Waals surface area contributed by atoms with Gasteiger partial charge in [0.2, 0.25) is 5.91 Å². The summed E-state index contributed by atoms with van der Waals surface area (Å²) in [5.41, 5.74) is 6.09. The van der Waals surface area contributed by atoms with Crippen LogP contribution in [-0.2, 0) is 9.59 Å². The predicted molar refractivity (Wildman–Crippen MR) is 73.7 cm³/mol. The third kappa shape index (κ3) is 3.02. The summed E-state index contributed by atoms with van der Waals surface area (Å²) in [6.07, 6.45) is -0.486. The highest BCUT2D eigenvalue weighted by Crippen LogP contribution is 2.24. The number of carboxylic acid groups (broad SMARTS) is 1. The lowest BCUT2D eigenvalue weighted by atomic mass is 10.1. The summed E-state index contributed by atoms with van der Waals surface area (Å²) < 4.78 is 5.43. The predicted octanol–water partition coefficient (Wildman–Crippen LogP) is 0.800. The van der Waals surface area contributed by atoms with E-state index in [-0.39, 0.29) is 5.76 Å². The molecule has 1 atom stereocenters. The zero-order valence-electron chi connectivity index (χ0n) is 11.3. The molecule has 0 spiro atoms. The zero-order valence-corrected chi connectivity index (χ0v) is 11.3. The summed E-state index contributed by atoms with van der Waals surface area (Å²) >= 11 is 0. The summed E-state index contributed by atoms with van der Waals surface area (Å²) in [5, 5.41) is 12.0. The lowest BCUT2D eigenvalue weighted by molar-refractivity contribution is -0.140. The molecule has 0 fully saturated rings. The van der Waals surface area contributed by atoms with Gasteiger partial charge in [-0.3, -0.25) is 9.59 Å². The van der Waals surface area contributed by atoms with Crippen molar-refractivity contribution < 1.29 is 23.9 Å². The van der Waals surface area contributed by atoms with Gasteiger partial charge in [-0.05, 0) is 13.0 Å². The third-order valence-corrected chi connectivity index (χ3v) is 3.06. The van der Waals surface area contributed by atoms with E-state index in [2.05, 4.69) is 5.32 Å². The molecule has 0 saturated heterocycles. The lowest BCUT2D eigenvalue weighted by Gasteiger charge is -2.11. The Balaban J connectivity index is 2.27. The van der Waals surface area contributed by atoms with Gasteiger partial charge >= 0.3 is 5.97 Å². The van der Waals surface area contributed by atoms with E-state index < -0.39 is 30.2 Å². The van der Waals surface area contributed by atoms with E-state index in [1.54, 1.807) is 31.2 Å². The van der Waals surface area contributed by atoms with Gasteiger partial charge in [-0.1, -0.05) is 18.2 Å². The van der Waals surface area contributed by atoms with E-state index in [0.717, 1.165) is 5.39 Å². The highest BCUT2D eigenvalue weighted by Gasteiger charge is 2.25. The van der Waals surface area contributed by atoms with Crippen molar-refractivity contribution in [1.82, 2.24) is 5.32 Å². The van der Waals surface area contributed by atoms with E-state index >= 15 is 0 Å². The number of carbonyl (C=O) groups excluding carboxylic acids is 2. The number of amides is 2. The Morgan fingerprint density at radius 2 is 2.00 bits per heavy atom. The normalized spacial score (nSPS) is 12.0. The fourth-order valence-corrected chi connectivity index (χ4v) is 2.02. The summed E-state index contributed by atoms with van der Waals surface area (Å²) in [4.78, 5) is 33.9. The van der Waals surface area contributed by atoms with Crippen LogP contribution in [0.2, 0.25) is 0 Å². The van der Waals surface area contributed by atoms with Gasteiger partial charge in [0.1, 0.15) is 11.6 Å². The number of benzene rings is 1. The second-order valence-corrected chi connectivity index (χ2v) is 4.59. The van der Waals surface area contributed by atoms with Crippen LogP contribution in [0.15, 0.2) is 28.7 Å². The maximum Gasteiger partial charge on any atom is 0.326 e. The molecule has 7 heteroatoms. The zero-order chi connectivity index (χ0) is 15.6. The molecule has 0 radical (unpaired) electrons. The van der Waals surface area contributed by atoms with Gasteiger partial charge in [0.15, 0.2) is 5.76 Å². The standard InChI is InChI=1S/C14H14N2O5/c1-7-8-4-2-3-5-10(8)21-12(7)13(18)16-9(14(19)20)6-11(15)17/h2-5,9H,6H2,1H3,(H2,15,17)(H,16,18)(H,19,20). The first kappa shape index (κ1) is 14.6. The summed E-state index contributed by atoms with van der Waals surface area (Å²) in [7, 11) is 0. The summed E-state index contributed by atoms with van der Waals surface area (Å²) in [5.74, 6) is -2.83. The highest BCUT2D eigenvalue weighted by molar-refractivity contribution is 6.00. The van der Waals surface area contributed by atoms with Gasteiger partial charge in [-0.25, -0.2) is 4.79 Å². The number of primary amides is 1. The number of aliphatic carboxylic acids is 1. The average molecular weight is 290 g/mol. The molecule has 0 aliphatic carbocycles. The smallest absolute Gasteiger partial charge is 0.326 e. The molecule has 1 unspecified atom stereocenters. The number of fused-ring (bicyclic) bond motifs is 1. The molecule has 2 amide bonds. The number of rotatable bonds is 5. The second kappa shape index (κ2) is 5.66. The van der Waals surface area contributed by atoms with Crippen LogP contribution in [0.5, 0.6) is 0 Å². The summed E-state index contributed by atoms with van der Waals surface area (Å²) in [6, 6.07) is 5.68. The van der Waals surface area contributed by atoms with E-state index in [4.69, 9.17) is 15.3 Å². The molecule has 21 heavy (non-hydrogen) atoms. The van der Waals surface area contributed by atoms with Crippen LogP contribution in [0.3, 0.4) is 0 Å². The number of carboxylic acids is 1. The van der Waals surface area contributed by atoms with Crippen LogP contribution in [0.25, 0.3) is 11.0 Å². The molecule has 4 N–H and O–H groups in total. The minimum Gasteiger partial charge on any atom is -0.480 e. The minimum absolute atomic E-state index is 0.0203. The van der Waals surface area contributed by atoms with E-state index in [1.807, 2.05) is 0 Å². The van der Waals surface area contributed by atoms with Crippen molar-refractivity contribution >= 4 is 28.8 Å². The molecule has 1 heterocycles. The van der Waals surface area contributed by atoms with Gasteiger partial charge in [0, 0.05) is 10.9 Å². The first-order valence-corrected chi connectivity index (χ1v) is 6.20. The number of para-hydroxylation sites is 1. The van der Waals surface area contributed by atoms with Crippen molar-refractivity contribution in [2.45, 2.75) is 19.4 Å². The number of aryl methyl sites for hydroxylation is 1. The van der Waals surface area contributed by atoms with Crippen molar-refractivity contribution in [1.29, 1.82) is 0 Å². The van der Waals surface area contributed by atoms with Gasteiger partial charge in [-0.2, -0.15) is 0 Å². The van der Waals surface area contributed by atoms with Crippen LogP contribution in [0.1, 0.15) is 22.5 Å². The average Bonchev–Trinajstić information content (AvgIpc) is 2.75. The molecule has 1 aromatic carbocycles. The molecule has 0 aliphatic rings. The Morgan fingerprint density at radius 3 is 2.57 bits per heavy atom. The van der Waals surface area contributed by atoms with E-state index in [9.17, 15) is 14.4 Å². The van der Waals surface area contributed by atoms with Crippen LogP contribution < -0.4 is 11.1 Å². The monoisotopic (exact) mass is 290 g/mol. The van der Waals surface area contributed by atoms with E-state index in [0.29, 0.717) is 11.1 Å². The van der Waals surface area contributed by atoms with Crippen molar-refractivity contribution in [3.8, 4) is 0 Å². The Bertz CT molecular complexity index is 719. The molecule has 0 bridgehead atoms. The fraction of sp³-hybridized carbons (Fsp3) is 0.214. The number of furan rings is 1. The number of nitrogens with two attached hydrogens (primary N) is 1. The Morgan fingerprint density at radius 1 is 1.33 bits per heavy atom. The molecule has 1 aromatic heterocycles. The molecule has 110 valence electrons. The summed E-state index contributed by atoms with van der Waals surface area (Å²) in [6.45, 7) is 1.70. The van der Waals surface area contributed by atoms with Crippen molar-refractivity contribution in [3.05, 3.63) is 35.6 Å². The molecule has 2 aromatic rings. The molecule has 7 nitrogen and oxygen atoms in total. The lowest BCUT2D eigenvalue weighted by Crippen LogP contribution is -2.43. The van der Waals surface area contributed by atoms with Crippen LogP contribution in [0, 0.1) is 6.92 Å². The molecular weight excluding hydrogens is 276 g/mol. The number of carbonyl (C=O) groups is 3. The third-order valence-electron chi connectivity index (χ3n) is 3.06. The maximum absolute atomic E-state index is 12.1. The van der Waals surface area contributed by atoms with Crippen molar-refractivity contribution in [3.63, 3.8) is 0 Å². The number of hydrogen-bond donors (Lipinski definition) is 3. The second-order valence-electron chi connectivity index (χ2n) is 4.59. The Labute approximate surface area is 119 Å². The SMILES string of the molecule is Cc1c(C(=O)NC(CC(N)=O)C(=O)O)oc2ccccc12. The highest BCUT2D eigenvalue weighted by atomic mass is 16.4. The van der Waals surface area contributed by atoms with Gasteiger partial charge in [-0.15, -0.1) is 0 Å². The fourth-order valence-electron chi connectivity index (χ4n) is 2.02. The molecule has 0 saturated carbocycles. The van der Waals surface area contributed by atoms with Crippen LogP contribution in [0.4, 0.5) is 0 Å². The van der Waals surface area contributed by atoms with Gasteiger partial charge in [0.25, 0.3) is 5.91 Å². The Kier molecular flexibility index (Phi) is 3.93. The van der Waals surface area contributed by atoms with Crippen molar-refractivity contribution in [2.75, 3.05) is 0 Å². The Hall–Kier alpha value is -2.83. The quantitative estimate of drug-likeness (QED) is 0.751. The maximum atomic E-state index is 12.1. The minimum atomic E-state index is -1.39. The van der Waals surface area contributed by atoms with Gasteiger partial charge in [0.05, 0.1) is 6.42 Å². The molecule has 0 aliphatic heterocycles. The van der Waals surface area contributed by atoms with Gasteiger partial charge < -0.3 is 20.6 Å². The first-order chi connectivity index (χ1) is 9.90. The van der Waals surface area contributed by atoms with E-state index in [1.165, 1.54) is 0 Å².